The van der Waals surface area contributed by atoms with Gasteiger partial charge in [0, 0.05) is 11.1 Å². The molecule has 0 aliphatic rings. The third kappa shape index (κ3) is 3.86. The summed E-state index contributed by atoms with van der Waals surface area (Å²) >= 11 is 3.19. The van der Waals surface area contributed by atoms with Gasteiger partial charge in [0.1, 0.15) is 17.2 Å². The van der Waals surface area contributed by atoms with Gasteiger partial charge in [-0.1, -0.05) is 6.07 Å². The van der Waals surface area contributed by atoms with Gasteiger partial charge in [-0.05, 0) is 71.7 Å². The summed E-state index contributed by atoms with van der Waals surface area (Å²) in [6.45, 7) is 0. The predicted molar refractivity (Wildman–Crippen MR) is 109 cm³/mol. The third-order valence-corrected chi connectivity index (χ3v) is 5.89. The fraction of sp³-hybridized carbons (Fsp3) is 0.0952. The summed E-state index contributed by atoms with van der Waals surface area (Å²) in [6.07, 6.45) is 0. The number of aromatic nitrogens is 1. The molecule has 4 rings (SSSR count). The fourth-order valence-corrected chi connectivity index (χ4v) is 4.24. The lowest BCUT2D eigenvalue weighted by Crippen LogP contribution is -1.86. The normalized spacial score (nSPS) is 10.7. The van der Waals surface area contributed by atoms with Gasteiger partial charge < -0.3 is 13.9 Å². The molecule has 4 nitrogen and oxygen atoms in total. The van der Waals surface area contributed by atoms with Crippen LogP contribution in [0.2, 0.25) is 0 Å². The molecular weight excluding hydrogens is 378 g/mol. The van der Waals surface area contributed by atoms with Crippen molar-refractivity contribution in [3.05, 3.63) is 66.0 Å². The van der Waals surface area contributed by atoms with Gasteiger partial charge in [-0.2, -0.15) is 0 Å². The molecule has 0 fully saturated rings. The Morgan fingerprint density at radius 1 is 0.852 bits per heavy atom. The zero-order valence-corrected chi connectivity index (χ0v) is 16.5. The monoisotopic (exact) mass is 395 g/mol. The minimum atomic E-state index is 0.620. The summed E-state index contributed by atoms with van der Waals surface area (Å²) < 4.78 is 17.8. The molecule has 0 amide bonds. The van der Waals surface area contributed by atoms with Crippen LogP contribution in [-0.2, 0) is 0 Å². The van der Waals surface area contributed by atoms with E-state index in [2.05, 4.69) is 6.07 Å². The second-order valence-electron chi connectivity index (χ2n) is 5.65. The van der Waals surface area contributed by atoms with Crippen molar-refractivity contribution in [3.8, 4) is 34.1 Å². The second-order valence-corrected chi connectivity index (χ2v) is 7.85. The Balaban J connectivity index is 1.77. The first-order chi connectivity index (χ1) is 13.3. The first kappa shape index (κ1) is 17.7. The van der Waals surface area contributed by atoms with Crippen LogP contribution < -0.4 is 9.47 Å². The molecule has 0 aliphatic heterocycles. The minimum absolute atomic E-state index is 0.620. The number of benzene rings is 2. The van der Waals surface area contributed by atoms with E-state index in [0.717, 1.165) is 38.3 Å². The number of methoxy groups -OCH3 is 2. The van der Waals surface area contributed by atoms with Gasteiger partial charge in [0.15, 0.2) is 5.76 Å². The van der Waals surface area contributed by atoms with Crippen LogP contribution in [0.1, 0.15) is 0 Å². The van der Waals surface area contributed by atoms with Crippen molar-refractivity contribution in [2.75, 3.05) is 14.2 Å². The Morgan fingerprint density at radius 2 is 1.48 bits per heavy atom. The number of hydrogen-bond acceptors (Lipinski definition) is 6. The highest BCUT2D eigenvalue weighted by Gasteiger charge is 2.18. The van der Waals surface area contributed by atoms with Gasteiger partial charge >= 0.3 is 0 Å². The van der Waals surface area contributed by atoms with Crippen LogP contribution >= 0.6 is 23.1 Å². The fourth-order valence-electron chi connectivity index (χ4n) is 2.63. The van der Waals surface area contributed by atoms with Crippen LogP contribution in [0, 0.1) is 0 Å². The quantitative estimate of drug-likeness (QED) is 0.387. The molecule has 6 heteroatoms. The first-order valence-corrected chi connectivity index (χ1v) is 9.97. The maximum Gasteiger partial charge on any atom is 0.262 e. The summed E-state index contributed by atoms with van der Waals surface area (Å²) in [5.74, 6) is 2.35. The molecule has 0 unspecified atom stereocenters. The molecule has 136 valence electrons. The molecule has 0 atom stereocenters. The van der Waals surface area contributed by atoms with Crippen molar-refractivity contribution in [2.24, 2.45) is 0 Å². The molecule has 2 heterocycles. The predicted octanol–water partition coefficient (Wildman–Crippen LogP) is 6.24. The van der Waals surface area contributed by atoms with E-state index in [0.29, 0.717) is 5.22 Å². The highest BCUT2D eigenvalue weighted by atomic mass is 32.2. The van der Waals surface area contributed by atoms with Crippen molar-refractivity contribution >= 4 is 23.1 Å². The van der Waals surface area contributed by atoms with E-state index in [9.17, 15) is 0 Å². The van der Waals surface area contributed by atoms with Crippen LogP contribution in [0.3, 0.4) is 0 Å². The Kier molecular flexibility index (Phi) is 5.18. The molecule has 0 saturated carbocycles. The van der Waals surface area contributed by atoms with Crippen molar-refractivity contribution in [1.29, 1.82) is 0 Å². The van der Waals surface area contributed by atoms with Gasteiger partial charge in [0.2, 0.25) is 0 Å². The number of nitrogens with zero attached hydrogens (tertiary/aromatic N) is 1. The molecular formula is C21H17NO3S2. The van der Waals surface area contributed by atoms with Crippen LogP contribution in [0.25, 0.3) is 22.6 Å². The Labute approximate surface area is 165 Å². The minimum Gasteiger partial charge on any atom is -0.497 e. The molecule has 0 N–H and O–H groups in total. The van der Waals surface area contributed by atoms with Crippen molar-refractivity contribution in [3.63, 3.8) is 0 Å². The average molecular weight is 396 g/mol. The number of ether oxygens (including phenoxy) is 2. The summed E-state index contributed by atoms with van der Waals surface area (Å²) in [5.41, 5.74) is 2.73. The summed E-state index contributed by atoms with van der Waals surface area (Å²) in [4.78, 5) is 4.76. The number of hydrogen-bond donors (Lipinski definition) is 0. The maximum absolute atomic E-state index is 6.15. The highest BCUT2D eigenvalue weighted by Crippen LogP contribution is 2.39. The van der Waals surface area contributed by atoms with Gasteiger partial charge in [-0.15, -0.1) is 11.3 Å². The highest BCUT2D eigenvalue weighted by molar-refractivity contribution is 8.00. The molecule has 2 aromatic carbocycles. The molecule has 0 spiro atoms. The molecule has 27 heavy (non-hydrogen) atoms. The Morgan fingerprint density at radius 3 is 2.04 bits per heavy atom. The summed E-state index contributed by atoms with van der Waals surface area (Å²) in [5, 5.41) is 2.66. The molecule has 0 bridgehead atoms. The first-order valence-electron chi connectivity index (χ1n) is 8.28. The van der Waals surface area contributed by atoms with E-state index in [1.54, 1.807) is 25.6 Å². The molecule has 4 aromatic rings. The van der Waals surface area contributed by atoms with Crippen LogP contribution in [0.4, 0.5) is 0 Å². The van der Waals surface area contributed by atoms with Gasteiger partial charge in [-0.25, -0.2) is 4.98 Å². The molecule has 0 aliphatic carbocycles. The van der Waals surface area contributed by atoms with Gasteiger partial charge in [0.25, 0.3) is 5.22 Å². The molecule has 0 saturated heterocycles. The average Bonchev–Trinajstić information content (AvgIpc) is 3.38. The van der Waals surface area contributed by atoms with E-state index in [4.69, 9.17) is 18.9 Å². The lowest BCUT2D eigenvalue weighted by molar-refractivity contribution is 0.414. The standard InChI is InChI=1S/C21H17NO3S2/c1-23-16-9-5-14(6-10-16)19-20(15-7-11-17(24-2)12-8-15)25-21(22-19)27-18-4-3-13-26-18/h3-13H,1-2H3. The maximum atomic E-state index is 6.15. The number of rotatable bonds is 6. The van der Waals surface area contributed by atoms with Gasteiger partial charge in [-0.3, -0.25) is 0 Å². The zero-order valence-electron chi connectivity index (χ0n) is 14.8. The Bertz CT molecular complexity index is 942. The SMILES string of the molecule is COc1ccc(-c2nc(Sc3cccs3)oc2-c2ccc(OC)cc2)cc1. The van der Waals surface area contributed by atoms with Crippen molar-refractivity contribution in [1.82, 2.24) is 4.98 Å². The van der Waals surface area contributed by atoms with Crippen molar-refractivity contribution < 1.29 is 13.9 Å². The smallest absolute Gasteiger partial charge is 0.262 e. The second kappa shape index (κ2) is 7.90. The topological polar surface area (TPSA) is 44.5 Å². The van der Waals surface area contributed by atoms with Crippen LogP contribution in [-0.4, -0.2) is 19.2 Å². The third-order valence-electron chi connectivity index (χ3n) is 4.01. The molecule has 2 aromatic heterocycles. The number of thiophene rings is 1. The lowest BCUT2D eigenvalue weighted by Gasteiger charge is -2.04. The van der Waals surface area contributed by atoms with E-state index in [-0.39, 0.29) is 0 Å². The molecule has 0 radical (unpaired) electrons. The van der Waals surface area contributed by atoms with E-state index in [1.807, 2.05) is 60.0 Å². The largest absolute Gasteiger partial charge is 0.497 e. The van der Waals surface area contributed by atoms with E-state index in [1.165, 1.54) is 11.8 Å². The van der Waals surface area contributed by atoms with Crippen molar-refractivity contribution in [2.45, 2.75) is 9.43 Å². The van der Waals surface area contributed by atoms with E-state index >= 15 is 0 Å². The van der Waals surface area contributed by atoms with Crippen LogP contribution in [0.5, 0.6) is 11.5 Å². The number of oxazole rings is 1. The van der Waals surface area contributed by atoms with Gasteiger partial charge in [0.05, 0.1) is 18.4 Å². The van der Waals surface area contributed by atoms with E-state index < -0.39 is 0 Å². The lowest BCUT2D eigenvalue weighted by atomic mass is 10.1. The zero-order chi connectivity index (χ0) is 18.6. The summed E-state index contributed by atoms with van der Waals surface area (Å²) in [7, 11) is 3.31. The van der Waals surface area contributed by atoms with Crippen LogP contribution in [0.15, 0.2) is 79.9 Å². The summed E-state index contributed by atoms with van der Waals surface area (Å²) in [6, 6.07) is 19.7. The Hall–Kier alpha value is -2.70.